The molecule has 0 saturated heterocycles. The first-order valence-electron chi connectivity index (χ1n) is 6.96. The summed E-state index contributed by atoms with van der Waals surface area (Å²) < 4.78 is 0. The third-order valence-corrected chi connectivity index (χ3v) is 4.33. The molecule has 0 aliphatic carbocycles. The van der Waals surface area contributed by atoms with E-state index in [1.54, 1.807) is 18.2 Å². The van der Waals surface area contributed by atoms with E-state index in [2.05, 4.69) is 4.98 Å². The number of carboxylic acids is 1. The van der Waals surface area contributed by atoms with Crippen LogP contribution in [-0.4, -0.2) is 27.2 Å². The van der Waals surface area contributed by atoms with Crippen LogP contribution in [0.3, 0.4) is 0 Å². The van der Waals surface area contributed by atoms with Crippen LogP contribution in [0.25, 0.3) is 22.2 Å². The van der Waals surface area contributed by atoms with Gasteiger partial charge in [0.15, 0.2) is 0 Å². The van der Waals surface area contributed by atoms with Crippen LogP contribution in [0.1, 0.15) is 10.4 Å². The Morgan fingerprint density at radius 2 is 2.00 bits per heavy atom. The molecular weight excluding hydrogens is 328 g/mol. The molecule has 1 heterocycles. The number of pyridine rings is 1. The molecule has 6 nitrogen and oxygen atoms in total. The fourth-order valence-corrected chi connectivity index (χ4v) is 2.87. The van der Waals surface area contributed by atoms with Crippen LogP contribution in [0.5, 0.6) is 0 Å². The number of rotatable bonds is 4. The number of thioether (sulfide) groups is 1. The smallest absolute Gasteiger partial charge is 0.336 e. The summed E-state index contributed by atoms with van der Waals surface area (Å²) in [6.07, 6.45) is 1.92. The maximum absolute atomic E-state index is 11.6. The highest BCUT2D eigenvalue weighted by Gasteiger charge is 2.15. The molecule has 0 spiro atoms. The van der Waals surface area contributed by atoms with Gasteiger partial charge in [0, 0.05) is 28.0 Å². The van der Waals surface area contributed by atoms with Crippen molar-refractivity contribution in [3.8, 4) is 11.3 Å². The van der Waals surface area contributed by atoms with E-state index in [-0.39, 0.29) is 11.3 Å². The minimum absolute atomic E-state index is 0.0656. The van der Waals surface area contributed by atoms with Crippen molar-refractivity contribution in [3.05, 3.63) is 64.2 Å². The number of nitrogens with zero attached hydrogens (tertiary/aromatic N) is 2. The summed E-state index contributed by atoms with van der Waals surface area (Å²) in [5.41, 5.74) is 1.49. The lowest BCUT2D eigenvalue weighted by atomic mass is 10.0. The number of nitro groups is 1. The van der Waals surface area contributed by atoms with Gasteiger partial charge in [0.25, 0.3) is 5.69 Å². The standard InChI is InChI=1S/C17H12N2O4S/c1-24-12-5-6-13-14(17(20)21)9-15(18-16(13)8-12)10-3-2-4-11(7-10)19(22)23/h2-9H,1H3,(H,20,21). The molecule has 7 heteroatoms. The normalized spacial score (nSPS) is 10.7. The van der Waals surface area contributed by atoms with Crippen molar-refractivity contribution < 1.29 is 14.8 Å². The minimum Gasteiger partial charge on any atom is -0.478 e. The number of benzene rings is 2. The molecule has 1 N–H and O–H groups in total. The molecule has 3 aromatic rings. The van der Waals surface area contributed by atoms with Crippen LogP contribution in [0.4, 0.5) is 5.69 Å². The van der Waals surface area contributed by atoms with E-state index < -0.39 is 10.9 Å². The third-order valence-electron chi connectivity index (χ3n) is 3.60. The van der Waals surface area contributed by atoms with Gasteiger partial charge in [-0.25, -0.2) is 9.78 Å². The summed E-state index contributed by atoms with van der Waals surface area (Å²) in [7, 11) is 0. The second-order valence-corrected chi connectivity index (χ2v) is 5.93. The molecule has 0 fully saturated rings. The first kappa shape index (κ1) is 15.9. The number of carboxylic acid groups (broad SMARTS) is 1. The monoisotopic (exact) mass is 340 g/mol. The number of aromatic carboxylic acids is 1. The highest BCUT2D eigenvalue weighted by molar-refractivity contribution is 7.98. The van der Waals surface area contributed by atoms with Crippen molar-refractivity contribution in [2.24, 2.45) is 0 Å². The summed E-state index contributed by atoms with van der Waals surface area (Å²) >= 11 is 1.53. The van der Waals surface area contributed by atoms with Crippen molar-refractivity contribution in [2.75, 3.05) is 6.26 Å². The molecule has 0 bridgehead atoms. The van der Waals surface area contributed by atoms with Crippen LogP contribution in [-0.2, 0) is 0 Å². The molecule has 2 aromatic carbocycles. The van der Waals surface area contributed by atoms with Crippen molar-refractivity contribution in [3.63, 3.8) is 0 Å². The molecule has 0 unspecified atom stereocenters. The van der Waals surface area contributed by atoms with E-state index in [4.69, 9.17) is 0 Å². The summed E-state index contributed by atoms with van der Waals surface area (Å²) in [5.74, 6) is -1.06. The van der Waals surface area contributed by atoms with E-state index in [0.29, 0.717) is 22.2 Å². The Morgan fingerprint density at radius 3 is 2.67 bits per heavy atom. The molecule has 120 valence electrons. The Labute approximate surface area is 141 Å². The lowest BCUT2D eigenvalue weighted by molar-refractivity contribution is -0.384. The van der Waals surface area contributed by atoms with Gasteiger partial charge in [-0.15, -0.1) is 11.8 Å². The molecule has 3 rings (SSSR count). The number of fused-ring (bicyclic) bond motifs is 1. The highest BCUT2D eigenvalue weighted by Crippen LogP contribution is 2.29. The third kappa shape index (κ3) is 2.93. The van der Waals surface area contributed by atoms with E-state index in [0.717, 1.165) is 4.90 Å². The molecule has 0 radical (unpaired) electrons. The van der Waals surface area contributed by atoms with Gasteiger partial charge in [-0.1, -0.05) is 18.2 Å². The summed E-state index contributed by atoms with van der Waals surface area (Å²) in [6.45, 7) is 0. The maximum atomic E-state index is 11.6. The zero-order valence-corrected chi connectivity index (χ0v) is 13.4. The maximum Gasteiger partial charge on any atom is 0.336 e. The average Bonchev–Trinajstić information content (AvgIpc) is 2.60. The Hall–Kier alpha value is -2.93. The summed E-state index contributed by atoms with van der Waals surface area (Å²) in [6, 6.07) is 12.8. The zero-order chi connectivity index (χ0) is 17.3. The zero-order valence-electron chi connectivity index (χ0n) is 12.6. The number of non-ortho nitro benzene ring substituents is 1. The molecule has 0 atom stereocenters. The van der Waals surface area contributed by atoms with Gasteiger partial charge in [0.2, 0.25) is 0 Å². The Morgan fingerprint density at radius 1 is 1.21 bits per heavy atom. The Bertz CT molecular complexity index is 972. The second-order valence-electron chi connectivity index (χ2n) is 5.05. The minimum atomic E-state index is -1.06. The number of carbonyl (C=O) groups is 1. The van der Waals surface area contributed by atoms with Crippen molar-refractivity contribution in [2.45, 2.75) is 4.90 Å². The number of aromatic nitrogens is 1. The van der Waals surface area contributed by atoms with E-state index in [1.807, 2.05) is 18.4 Å². The summed E-state index contributed by atoms with van der Waals surface area (Å²) in [4.78, 5) is 27.5. The van der Waals surface area contributed by atoms with Crippen molar-refractivity contribution in [1.82, 2.24) is 4.98 Å². The molecule has 0 amide bonds. The first-order chi connectivity index (χ1) is 11.5. The highest BCUT2D eigenvalue weighted by atomic mass is 32.2. The van der Waals surface area contributed by atoms with Crippen molar-refractivity contribution >= 4 is 34.3 Å². The average molecular weight is 340 g/mol. The number of hydrogen-bond acceptors (Lipinski definition) is 5. The first-order valence-corrected chi connectivity index (χ1v) is 8.19. The van der Waals surface area contributed by atoms with Gasteiger partial charge in [-0.2, -0.15) is 0 Å². The molecular formula is C17H12N2O4S. The summed E-state index contributed by atoms with van der Waals surface area (Å²) in [5, 5.41) is 21.0. The topological polar surface area (TPSA) is 93.3 Å². The predicted molar refractivity (Wildman–Crippen MR) is 92.6 cm³/mol. The van der Waals surface area contributed by atoms with E-state index >= 15 is 0 Å². The Kier molecular flexibility index (Phi) is 4.18. The molecule has 1 aromatic heterocycles. The van der Waals surface area contributed by atoms with Gasteiger partial charge in [0.05, 0.1) is 21.7 Å². The molecule has 0 aliphatic heterocycles. The van der Waals surface area contributed by atoms with Crippen LogP contribution >= 0.6 is 11.8 Å². The van der Waals surface area contributed by atoms with Crippen LogP contribution in [0.2, 0.25) is 0 Å². The van der Waals surface area contributed by atoms with Gasteiger partial charge >= 0.3 is 5.97 Å². The molecule has 0 saturated carbocycles. The second kappa shape index (κ2) is 6.29. The number of hydrogen-bond donors (Lipinski definition) is 1. The van der Waals surface area contributed by atoms with Gasteiger partial charge in [-0.3, -0.25) is 10.1 Å². The predicted octanol–water partition coefficient (Wildman–Crippen LogP) is 4.23. The van der Waals surface area contributed by atoms with Crippen LogP contribution in [0.15, 0.2) is 53.4 Å². The van der Waals surface area contributed by atoms with Crippen LogP contribution in [0, 0.1) is 10.1 Å². The largest absolute Gasteiger partial charge is 0.478 e. The fraction of sp³-hybridized carbons (Fsp3) is 0.0588. The van der Waals surface area contributed by atoms with Gasteiger partial charge in [-0.05, 0) is 24.5 Å². The lowest BCUT2D eigenvalue weighted by Gasteiger charge is -2.08. The molecule has 24 heavy (non-hydrogen) atoms. The fourth-order valence-electron chi connectivity index (χ4n) is 2.44. The van der Waals surface area contributed by atoms with E-state index in [1.165, 1.54) is 30.0 Å². The van der Waals surface area contributed by atoms with Gasteiger partial charge in [0.1, 0.15) is 0 Å². The lowest BCUT2D eigenvalue weighted by Crippen LogP contribution is -2.00. The SMILES string of the molecule is CSc1ccc2c(C(=O)O)cc(-c3cccc([N+](=O)[O-])c3)nc2c1. The van der Waals surface area contributed by atoms with E-state index in [9.17, 15) is 20.0 Å². The van der Waals surface area contributed by atoms with Gasteiger partial charge < -0.3 is 5.11 Å². The number of nitro benzene ring substituents is 1. The van der Waals surface area contributed by atoms with Crippen molar-refractivity contribution in [1.29, 1.82) is 0 Å². The molecule has 0 aliphatic rings. The quantitative estimate of drug-likeness (QED) is 0.434. The van der Waals surface area contributed by atoms with Crippen LogP contribution < -0.4 is 0 Å². The Balaban J connectivity index is 2.26.